The highest BCUT2D eigenvalue weighted by Crippen LogP contribution is 2.35. The number of aromatic nitrogens is 1. The van der Waals surface area contributed by atoms with Crippen molar-refractivity contribution >= 4 is 28.7 Å². The molecule has 1 aliphatic rings. The first-order chi connectivity index (χ1) is 9.52. The van der Waals surface area contributed by atoms with Gasteiger partial charge in [0.15, 0.2) is 5.15 Å². The van der Waals surface area contributed by atoms with Gasteiger partial charge in [0.2, 0.25) is 0 Å². The molecule has 0 aliphatic carbocycles. The third-order valence-electron chi connectivity index (χ3n) is 3.45. The van der Waals surface area contributed by atoms with Gasteiger partial charge in [0, 0.05) is 38.5 Å². The van der Waals surface area contributed by atoms with Crippen LogP contribution in [0.1, 0.15) is 18.1 Å². The monoisotopic (exact) mass is 295 g/mol. The van der Waals surface area contributed by atoms with Crippen molar-refractivity contribution in [3.05, 3.63) is 22.5 Å². The summed E-state index contributed by atoms with van der Waals surface area (Å²) in [4.78, 5) is 6.18. The number of hydrogen-bond donors (Lipinski definition) is 2. The standard InChI is InChI=1S/C13H18ClN5O/c1-7-11(18-16-2)10(15)9-8(6-20-4)5-17-13(14)12(9)19(7)3/h5,7,15-16H,6H2,1-4H3/b15-10?,18-11-. The topological polar surface area (TPSA) is 73.6 Å². The highest BCUT2D eigenvalue weighted by molar-refractivity contribution is 6.52. The fraction of sp³-hybridized carbons (Fsp3) is 0.462. The van der Waals surface area contributed by atoms with Crippen LogP contribution in [0.2, 0.25) is 5.15 Å². The van der Waals surface area contributed by atoms with E-state index >= 15 is 0 Å². The average molecular weight is 296 g/mol. The van der Waals surface area contributed by atoms with Crippen LogP contribution in [0.25, 0.3) is 0 Å². The molecular weight excluding hydrogens is 278 g/mol. The summed E-state index contributed by atoms with van der Waals surface area (Å²) in [6.07, 6.45) is 1.65. The summed E-state index contributed by atoms with van der Waals surface area (Å²) in [6.45, 7) is 2.36. The molecule has 0 fully saturated rings. The lowest BCUT2D eigenvalue weighted by Gasteiger charge is -2.36. The minimum Gasteiger partial charge on any atom is -0.380 e. The third kappa shape index (κ3) is 2.25. The second-order valence-electron chi connectivity index (χ2n) is 4.61. The molecule has 0 radical (unpaired) electrons. The number of nitrogens with zero attached hydrogens (tertiary/aromatic N) is 3. The minimum absolute atomic E-state index is 0.0560. The molecule has 0 aromatic carbocycles. The highest BCUT2D eigenvalue weighted by atomic mass is 35.5. The van der Waals surface area contributed by atoms with Crippen LogP contribution >= 0.6 is 11.6 Å². The van der Waals surface area contributed by atoms with Crippen LogP contribution in [-0.4, -0.2) is 43.7 Å². The van der Waals surface area contributed by atoms with E-state index in [0.29, 0.717) is 23.2 Å². The number of hydrazone groups is 1. The summed E-state index contributed by atoms with van der Waals surface area (Å²) in [5.41, 5.74) is 6.11. The predicted octanol–water partition coefficient (Wildman–Crippen LogP) is 1.66. The minimum atomic E-state index is -0.0560. The van der Waals surface area contributed by atoms with Gasteiger partial charge in [-0.3, -0.25) is 5.41 Å². The first-order valence-corrected chi connectivity index (χ1v) is 6.63. The maximum atomic E-state index is 8.43. The van der Waals surface area contributed by atoms with Crippen molar-refractivity contribution in [2.45, 2.75) is 19.6 Å². The number of anilines is 1. The quantitative estimate of drug-likeness (QED) is 0.657. The van der Waals surface area contributed by atoms with E-state index in [4.69, 9.17) is 21.7 Å². The molecule has 1 atom stereocenters. The molecule has 1 aromatic rings. The average Bonchev–Trinajstić information content (AvgIpc) is 2.43. The Bertz CT molecular complexity index is 572. The molecule has 20 heavy (non-hydrogen) atoms. The summed E-state index contributed by atoms with van der Waals surface area (Å²) in [7, 11) is 5.26. The molecule has 0 saturated heterocycles. The van der Waals surface area contributed by atoms with Crippen molar-refractivity contribution in [1.82, 2.24) is 10.4 Å². The van der Waals surface area contributed by atoms with E-state index in [1.807, 2.05) is 18.9 Å². The molecule has 108 valence electrons. The largest absolute Gasteiger partial charge is 0.380 e. The van der Waals surface area contributed by atoms with E-state index in [9.17, 15) is 0 Å². The first kappa shape index (κ1) is 14.7. The number of ether oxygens (including phenoxy) is 1. The number of pyridine rings is 1. The first-order valence-electron chi connectivity index (χ1n) is 6.25. The van der Waals surface area contributed by atoms with Crippen molar-refractivity contribution in [2.24, 2.45) is 5.10 Å². The van der Waals surface area contributed by atoms with Crippen LogP contribution in [0.15, 0.2) is 11.3 Å². The Morgan fingerprint density at radius 1 is 1.60 bits per heavy atom. The van der Waals surface area contributed by atoms with Gasteiger partial charge < -0.3 is 15.1 Å². The molecule has 0 spiro atoms. The molecule has 6 nitrogen and oxygen atoms in total. The van der Waals surface area contributed by atoms with Gasteiger partial charge in [-0.15, -0.1) is 0 Å². The summed E-state index contributed by atoms with van der Waals surface area (Å²) < 4.78 is 5.19. The second kappa shape index (κ2) is 5.76. The van der Waals surface area contributed by atoms with Crippen LogP contribution in [-0.2, 0) is 11.3 Å². The lowest BCUT2D eigenvalue weighted by atomic mass is 9.91. The molecule has 0 bridgehead atoms. The van der Waals surface area contributed by atoms with E-state index < -0.39 is 0 Å². The molecule has 0 amide bonds. The van der Waals surface area contributed by atoms with Crippen LogP contribution in [0.4, 0.5) is 5.69 Å². The summed E-state index contributed by atoms with van der Waals surface area (Å²) in [5.74, 6) is 0. The normalized spacial score (nSPS) is 20.2. The Balaban J connectivity index is 2.68. The van der Waals surface area contributed by atoms with Crippen LogP contribution in [0.5, 0.6) is 0 Å². The van der Waals surface area contributed by atoms with E-state index in [0.717, 1.165) is 16.8 Å². The van der Waals surface area contributed by atoms with Crippen molar-refractivity contribution in [1.29, 1.82) is 5.41 Å². The fourth-order valence-corrected chi connectivity index (χ4v) is 2.64. The number of halogens is 1. The number of hydrogen-bond acceptors (Lipinski definition) is 6. The molecule has 0 saturated carbocycles. The van der Waals surface area contributed by atoms with Gasteiger partial charge in [0.05, 0.1) is 24.0 Å². The zero-order valence-corrected chi connectivity index (χ0v) is 12.7. The van der Waals surface area contributed by atoms with Crippen molar-refractivity contribution in [3.8, 4) is 0 Å². The van der Waals surface area contributed by atoms with Crippen molar-refractivity contribution < 1.29 is 4.74 Å². The van der Waals surface area contributed by atoms with E-state index in [-0.39, 0.29) is 6.04 Å². The summed E-state index contributed by atoms with van der Waals surface area (Å²) in [5, 5.41) is 13.0. The van der Waals surface area contributed by atoms with Crippen LogP contribution < -0.4 is 10.3 Å². The molecule has 2 N–H and O–H groups in total. The number of fused-ring (bicyclic) bond motifs is 1. The molecule has 2 rings (SSSR count). The van der Waals surface area contributed by atoms with E-state index in [1.54, 1.807) is 20.4 Å². The van der Waals surface area contributed by atoms with Crippen LogP contribution in [0, 0.1) is 5.41 Å². The van der Waals surface area contributed by atoms with Crippen LogP contribution in [0.3, 0.4) is 0 Å². The van der Waals surface area contributed by atoms with Gasteiger partial charge in [-0.2, -0.15) is 5.10 Å². The summed E-state index contributed by atoms with van der Waals surface area (Å²) >= 11 is 6.22. The van der Waals surface area contributed by atoms with Crippen molar-refractivity contribution in [3.63, 3.8) is 0 Å². The van der Waals surface area contributed by atoms with E-state index in [2.05, 4.69) is 15.5 Å². The number of rotatable bonds is 3. The SMILES string of the molecule is CN/N=C1\C(=N)c2c(COC)cnc(Cl)c2N(C)C1C. The Kier molecular flexibility index (Phi) is 4.25. The molecule has 2 heterocycles. The molecule has 7 heteroatoms. The Morgan fingerprint density at radius 2 is 2.30 bits per heavy atom. The summed E-state index contributed by atoms with van der Waals surface area (Å²) in [6, 6.07) is -0.0560. The highest BCUT2D eigenvalue weighted by Gasteiger charge is 2.34. The molecule has 1 aromatic heterocycles. The maximum absolute atomic E-state index is 8.43. The van der Waals surface area contributed by atoms with E-state index in [1.165, 1.54) is 0 Å². The second-order valence-corrected chi connectivity index (χ2v) is 4.97. The molecular formula is C13H18ClN5O. The van der Waals surface area contributed by atoms with Crippen molar-refractivity contribution in [2.75, 3.05) is 26.1 Å². The smallest absolute Gasteiger partial charge is 0.153 e. The van der Waals surface area contributed by atoms with Gasteiger partial charge in [-0.05, 0) is 6.92 Å². The Hall–Kier alpha value is -1.66. The van der Waals surface area contributed by atoms with Gasteiger partial charge in [-0.1, -0.05) is 11.6 Å². The number of methoxy groups -OCH3 is 1. The van der Waals surface area contributed by atoms with Gasteiger partial charge in [0.1, 0.15) is 5.71 Å². The number of nitrogens with one attached hydrogen (secondary N) is 2. The Labute approximate surface area is 123 Å². The lowest BCUT2D eigenvalue weighted by Crippen LogP contribution is -2.46. The zero-order chi connectivity index (χ0) is 14.9. The predicted molar refractivity (Wildman–Crippen MR) is 81.1 cm³/mol. The van der Waals surface area contributed by atoms with Gasteiger partial charge in [0.25, 0.3) is 0 Å². The molecule has 1 aliphatic heterocycles. The fourth-order valence-electron chi connectivity index (χ4n) is 2.37. The molecule has 1 unspecified atom stereocenters. The van der Waals surface area contributed by atoms with Gasteiger partial charge >= 0.3 is 0 Å². The maximum Gasteiger partial charge on any atom is 0.153 e. The van der Waals surface area contributed by atoms with Gasteiger partial charge in [-0.25, -0.2) is 4.98 Å². The third-order valence-corrected chi connectivity index (χ3v) is 3.73. The zero-order valence-electron chi connectivity index (χ0n) is 12.0. The lowest BCUT2D eigenvalue weighted by molar-refractivity contribution is 0.184. The Morgan fingerprint density at radius 3 is 2.90 bits per heavy atom.